The highest BCUT2D eigenvalue weighted by molar-refractivity contribution is 6.14. The van der Waals surface area contributed by atoms with Gasteiger partial charge in [0.25, 0.3) is 0 Å². The molecule has 0 aliphatic carbocycles. The Kier molecular flexibility index (Phi) is 10.4. The third-order valence-corrected chi connectivity index (χ3v) is 9.53. The number of rotatable bonds is 11. The van der Waals surface area contributed by atoms with Gasteiger partial charge in [0.05, 0.1) is 29.0 Å². The van der Waals surface area contributed by atoms with Crippen molar-refractivity contribution in [2.45, 2.75) is 52.6 Å². The van der Waals surface area contributed by atoms with E-state index in [-0.39, 0.29) is 12.8 Å². The van der Waals surface area contributed by atoms with Crippen LogP contribution in [0.25, 0.3) is 66.1 Å². The molecule has 0 aliphatic rings. The summed E-state index contributed by atoms with van der Waals surface area (Å²) < 4.78 is 10.2. The van der Waals surface area contributed by atoms with Gasteiger partial charge >= 0.3 is 12.1 Å². The largest absolute Gasteiger partial charge is 0.461 e. The molecule has 0 spiro atoms. The molecule has 6 aromatic heterocycles. The van der Waals surface area contributed by atoms with Crippen LogP contribution >= 0.6 is 0 Å². The van der Waals surface area contributed by atoms with Crippen LogP contribution in [0.5, 0.6) is 0 Å². The van der Waals surface area contributed by atoms with Gasteiger partial charge in [-0.3, -0.25) is 15.0 Å². The van der Waals surface area contributed by atoms with Gasteiger partial charge in [0.1, 0.15) is 5.69 Å². The summed E-state index contributed by atoms with van der Waals surface area (Å²) in [6, 6.07) is 29.2. The summed E-state index contributed by atoms with van der Waals surface area (Å²) in [4.78, 5) is 48.0. The number of fused-ring (bicyclic) bond motifs is 6. The molecule has 0 amide bonds. The maximum absolute atomic E-state index is 12.9. The lowest BCUT2D eigenvalue weighted by atomic mass is 10.1. The molecule has 10 nitrogen and oxygen atoms in total. The van der Waals surface area contributed by atoms with Crippen LogP contribution in [0.15, 0.2) is 110 Å². The smallest absolute Gasteiger partial charge is 0.373 e. The first-order valence-corrected chi connectivity index (χ1v) is 17.9. The Bertz CT molecular complexity index is 2590. The van der Waals surface area contributed by atoms with Gasteiger partial charge in [0, 0.05) is 87.3 Å². The van der Waals surface area contributed by atoms with Gasteiger partial charge in [-0.05, 0) is 81.1 Å². The maximum Gasteiger partial charge on any atom is 0.373 e. The van der Waals surface area contributed by atoms with Crippen molar-refractivity contribution < 1.29 is 19.1 Å². The van der Waals surface area contributed by atoms with Crippen molar-refractivity contribution in [3.8, 4) is 22.5 Å². The van der Waals surface area contributed by atoms with Crippen LogP contribution < -0.4 is 0 Å². The minimum Gasteiger partial charge on any atom is -0.461 e. The van der Waals surface area contributed by atoms with Crippen LogP contribution in [0.1, 0.15) is 49.3 Å². The fourth-order valence-electron chi connectivity index (χ4n) is 7.28. The zero-order valence-electron chi connectivity index (χ0n) is 29.7. The standard InChI is InChI=1S/C42H38N6O2.CO2/c1-3-30-24-33-31-16-6-8-18-36(31)47(40(33)38(45-30)28-14-12-20-43-26-28)22-10-5-11-23-48-37-19-9-7-17-32(37)34-25-35(42(49)50-4-2)46-39(41(34)48)29-15-13-21-44-27-29;2-1-3/h6-9,12-21,24-27H,3-5,10-11,22-23H2,1-2H3;. The lowest BCUT2D eigenvalue weighted by Crippen LogP contribution is -2.09. The minimum atomic E-state index is -0.422. The van der Waals surface area contributed by atoms with E-state index in [1.54, 1.807) is 6.20 Å². The number of hydrogen-bond acceptors (Lipinski definition) is 8. The predicted octanol–water partition coefficient (Wildman–Crippen LogP) is 8.84. The van der Waals surface area contributed by atoms with E-state index in [2.05, 4.69) is 80.6 Å². The Morgan fingerprint density at radius 1 is 0.660 bits per heavy atom. The SMILES string of the molecule is CCOC(=O)c1cc2c3ccccc3n(CCCCCn3c4ccccc4c4cc(CC)nc(-c5cccnc5)c43)c2c(-c2cccnc2)n1.O=C=O. The highest BCUT2D eigenvalue weighted by Crippen LogP contribution is 2.37. The van der Waals surface area contributed by atoms with E-state index >= 15 is 0 Å². The van der Waals surface area contributed by atoms with E-state index in [0.29, 0.717) is 5.69 Å². The number of aryl methyl sites for hydroxylation is 3. The van der Waals surface area contributed by atoms with Crippen molar-refractivity contribution in [3.05, 3.63) is 121 Å². The summed E-state index contributed by atoms with van der Waals surface area (Å²) in [5.41, 5.74) is 9.55. The Hall–Kier alpha value is -6.51. The average molecular weight is 703 g/mol. The first-order chi connectivity index (χ1) is 26.1. The third kappa shape index (κ3) is 6.80. The van der Waals surface area contributed by atoms with Crippen molar-refractivity contribution in [2.24, 2.45) is 0 Å². The predicted molar refractivity (Wildman–Crippen MR) is 205 cm³/mol. The lowest BCUT2D eigenvalue weighted by Gasteiger charge is -2.13. The average Bonchev–Trinajstić information content (AvgIpc) is 3.70. The van der Waals surface area contributed by atoms with Gasteiger partial charge in [-0.2, -0.15) is 9.59 Å². The van der Waals surface area contributed by atoms with E-state index in [9.17, 15) is 4.79 Å². The number of ether oxygens (including phenoxy) is 1. The summed E-state index contributed by atoms with van der Waals surface area (Å²) in [6.45, 7) is 5.95. The lowest BCUT2D eigenvalue weighted by molar-refractivity contribution is -0.191. The van der Waals surface area contributed by atoms with Crippen molar-refractivity contribution >= 4 is 55.7 Å². The van der Waals surface area contributed by atoms with Crippen molar-refractivity contribution in [1.82, 2.24) is 29.1 Å². The second kappa shape index (κ2) is 15.8. The molecule has 53 heavy (non-hydrogen) atoms. The number of aromatic nitrogens is 6. The first kappa shape index (κ1) is 34.9. The summed E-state index contributed by atoms with van der Waals surface area (Å²) >= 11 is 0. The molecule has 0 fully saturated rings. The molecule has 0 atom stereocenters. The van der Waals surface area contributed by atoms with Crippen molar-refractivity contribution in [1.29, 1.82) is 0 Å². The van der Waals surface area contributed by atoms with Gasteiger partial charge in [0.2, 0.25) is 0 Å². The van der Waals surface area contributed by atoms with Crippen LogP contribution in [-0.4, -0.2) is 47.8 Å². The molecular formula is C43H38N6O4. The highest BCUT2D eigenvalue weighted by atomic mass is 16.5. The van der Waals surface area contributed by atoms with Crippen molar-refractivity contribution in [3.63, 3.8) is 0 Å². The van der Waals surface area contributed by atoms with Gasteiger partial charge < -0.3 is 13.9 Å². The molecule has 2 aromatic carbocycles. The molecule has 8 aromatic rings. The monoisotopic (exact) mass is 702 g/mol. The Morgan fingerprint density at radius 3 is 1.70 bits per heavy atom. The minimum absolute atomic E-state index is 0.250. The van der Waals surface area contributed by atoms with Gasteiger partial charge in [0.15, 0.2) is 0 Å². The molecule has 0 unspecified atom stereocenters. The number of carbonyl (C=O) groups is 1. The maximum atomic E-state index is 12.9. The molecule has 0 aliphatic heterocycles. The molecule has 6 heterocycles. The fraction of sp³-hybridized carbons (Fsp3) is 0.209. The van der Waals surface area contributed by atoms with Gasteiger partial charge in [-0.15, -0.1) is 0 Å². The van der Waals surface area contributed by atoms with E-state index in [4.69, 9.17) is 24.3 Å². The number of para-hydroxylation sites is 2. The molecule has 0 saturated heterocycles. The van der Waals surface area contributed by atoms with E-state index in [0.717, 1.165) is 88.8 Å². The van der Waals surface area contributed by atoms with Crippen LogP contribution in [-0.2, 0) is 33.8 Å². The molecule has 0 N–H and O–H groups in total. The Balaban J connectivity index is 0.00000140. The van der Waals surface area contributed by atoms with E-state index in [1.165, 1.54) is 21.8 Å². The molecule has 10 heteroatoms. The number of pyridine rings is 4. The van der Waals surface area contributed by atoms with Crippen LogP contribution in [0, 0.1) is 0 Å². The van der Waals surface area contributed by atoms with Gasteiger partial charge in [-0.1, -0.05) is 43.3 Å². The topological polar surface area (TPSA) is 122 Å². The number of hydrogen-bond donors (Lipinski definition) is 0. The number of unbranched alkanes of at least 4 members (excludes halogenated alkanes) is 2. The van der Waals surface area contributed by atoms with Gasteiger partial charge in [-0.25, -0.2) is 9.78 Å². The zero-order valence-corrected chi connectivity index (χ0v) is 29.7. The normalized spacial score (nSPS) is 11.1. The van der Waals surface area contributed by atoms with Crippen molar-refractivity contribution in [2.75, 3.05) is 6.61 Å². The second-order valence-electron chi connectivity index (χ2n) is 12.6. The quantitative estimate of drug-likeness (QED) is 0.0968. The third-order valence-electron chi connectivity index (χ3n) is 9.53. The number of carbonyl (C=O) groups excluding carboxylic acids is 3. The molecule has 0 radical (unpaired) electrons. The van der Waals surface area contributed by atoms with Crippen LogP contribution in [0.4, 0.5) is 0 Å². The zero-order chi connectivity index (χ0) is 36.7. The Labute approximate surface area is 306 Å². The molecule has 8 rings (SSSR count). The molecule has 264 valence electrons. The van der Waals surface area contributed by atoms with E-state index < -0.39 is 5.97 Å². The second-order valence-corrected chi connectivity index (χ2v) is 12.6. The van der Waals surface area contributed by atoms with Crippen LogP contribution in [0.3, 0.4) is 0 Å². The van der Waals surface area contributed by atoms with Crippen LogP contribution in [0.2, 0.25) is 0 Å². The number of esters is 1. The summed E-state index contributed by atoms with van der Waals surface area (Å²) in [7, 11) is 0. The first-order valence-electron chi connectivity index (χ1n) is 17.9. The summed E-state index contributed by atoms with van der Waals surface area (Å²) in [5, 5.41) is 4.58. The number of nitrogens with zero attached hydrogens (tertiary/aromatic N) is 6. The van der Waals surface area contributed by atoms with E-state index in [1.807, 2.05) is 55.8 Å². The molecule has 0 saturated carbocycles. The summed E-state index contributed by atoms with van der Waals surface area (Å²) in [6.07, 6.45) is 11.4. The fourth-order valence-corrected chi connectivity index (χ4v) is 7.28. The Morgan fingerprint density at radius 2 is 1.19 bits per heavy atom. The summed E-state index contributed by atoms with van der Waals surface area (Å²) in [5.74, 6) is -0.422. The highest BCUT2D eigenvalue weighted by Gasteiger charge is 2.21. The molecular weight excluding hydrogens is 665 g/mol. The molecule has 0 bridgehead atoms. The number of benzene rings is 2.